The quantitative estimate of drug-likeness (QED) is 0.696. The van der Waals surface area contributed by atoms with Crippen molar-refractivity contribution >= 4 is 0 Å². The highest BCUT2D eigenvalue weighted by atomic mass is 15.0. The van der Waals surface area contributed by atoms with E-state index in [0.717, 1.165) is 19.4 Å². The van der Waals surface area contributed by atoms with E-state index in [4.69, 9.17) is 5.26 Å². The first-order chi connectivity index (χ1) is 5.75. The van der Waals surface area contributed by atoms with Crippen molar-refractivity contribution in [2.24, 2.45) is 5.92 Å². The molecule has 12 heavy (non-hydrogen) atoms. The van der Waals surface area contributed by atoms with E-state index < -0.39 is 0 Å². The zero-order valence-corrected chi connectivity index (χ0v) is 8.06. The van der Waals surface area contributed by atoms with Gasteiger partial charge in [0.15, 0.2) is 0 Å². The molecule has 0 spiro atoms. The zero-order valence-electron chi connectivity index (χ0n) is 8.06. The maximum absolute atomic E-state index is 9.10. The van der Waals surface area contributed by atoms with Gasteiger partial charge in [-0.3, -0.25) is 5.32 Å². The van der Waals surface area contributed by atoms with Gasteiger partial charge >= 0.3 is 0 Å². The molecule has 2 unspecified atom stereocenters. The standard InChI is InChI=1S/C10H18N2/c1-3-7-12-10(8-11)6-4-5-9(10)2/h9,12H,3-7H2,1-2H3. The molecule has 1 N–H and O–H groups in total. The van der Waals surface area contributed by atoms with E-state index in [1.165, 1.54) is 12.8 Å². The first-order valence-electron chi connectivity index (χ1n) is 4.91. The maximum atomic E-state index is 9.10. The molecule has 2 nitrogen and oxygen atoms in total. The summed E-state index contributed by atoms with van der Waals surface area (Å²) in [6.45, 7) is 5.29. The smallest absolute Gasteiger partial charge is 0.109 e. The summed E-state index contributed by atoms with van der Waals surface area (Å²) in [7, 11) is 0. The minimum absolute atomic E-state index is 0.198. The number of nitrogens with one attached hydrogen (secondary N) is 1. The monoisotopic (exact) mass is 166 g/mol. The molecule has 0 aromatic heterocycles. The lowest BCUT2D eigenvalue weighted by Gasteiger charge is -2.27. The Morgan fingerprint density at radius 3 is 2.83 bits per heavy atom. The fourth-order valence-corrected chi connectivity index (χ4v) is 2.00. The van der Waals surface area contributed by atoms with Crippen molar-refractivity contribution in [3.63, 3.8) is 0 Å². The van der Waals surface area contributed by atoms with E-state index >= 15 is 0 Å². The van der Waals surface area contributed by atoms with Gasteiger partial charge in [0, 0.05) is 0 Å². The van der Waals surface area contributed by atoms with Crippen LogP contribution in [0.5, 0.6) is 0 Å². The van der Waals surface area contributed by atoms with Crippen molar-refractivity contribution in [3.05, 3.63) is 0 Å². The van der Waals surface area contributed by atoms with Crippen LogP contribution >= 0.6 is 0 Å². The summed E-state index contributed by atoms with van der Waals surface area (Å²) in [5.74, 6) is 0.522. The summed E-state index contributed by atoms with van der Waals surface area (Å²) in [4.78, 5) is 0. The van der Waals surface area contributed by atoms with Gasteiger partial charge in [0.2, 0.25) is 0 Å². The Morgan fingerprint density at radius 1 is 1.67 bits per heavy atom. The molecule has 1 fully saturated rings. The molecule has 1 aliphatic rings. The SMILES string of the molecule is CCCNC1(C#N)CCCC1C. The summed E-state index contributed by atoms with van der Waals surface area (Å²) < 4.78 is 0. The van der Waals surface area contributed by atoms with Crippen LogP contribution in [0.3, 0.4) is 0 Å². The molecular formula is C10H18N2. The van der Waals surface area contributed by atoms with E-state index in [0.29, 0.717) is 5.92 Å². The minimum Gasteiger partial charge on any atom is -0.299 e. The average molecular weight is 166 g/mol. The Balaban J connectivity index is 2.57. The van der Waals surface area contributed by atoms with Crippen LogP contribution in [0.25, 0.3) is 0 Å². The van der Waals surface area contributed by atoms with E-state index in [-0.39, 0.29) is 5.54 Å². The third kappa shape index (κ3) is 1.61. The second kappa shape index (κ2) is 3.91. The number of hydrogen-bond donors (Lipinski definition) is 1. The first-order valence-corrected chi connectivity index (χ1v) is 4.91. The van der Waals surface area contributed by atoms with Gasteiger partial charge in [-0.1, -0.05) is 20.3 Å². The molecule has 0 saturated heterocycles. The Labute approximate surface area is 75.0 Å². The van der Waals surface area contributed by atoms with Gasteiger partial charge in [0.05, 0.1) is 6.07 Å². The molecule has 0 aliphatic heterocycles. The van der Waals surface area contributed by atoms with Gasteiger partial charge in [0.25, 0.3) is 0 Å². The molecule has 2 heteroatoms. The van der Waals surface area contributed by atoms with Crippen LogP contribution < -0.4 is 5.32 Å². The molecule has 0 aromatic rings. The van der Waals surface area contributed by atoms with E-state index in [2.05, 4.69) is 25.2 Å². The molecular weight excluding hydrogens is 148 g/mol. The Hall–Kier alpha value is -0.550. The van der Waals surface area contributed by atoms with Gasteiger partial charge in [-0.2, -0.15) is 5.26 Å². The summed E-state index contributed by atoms with van der Waals surface area (Å²) in [6, 6.07) is 2.45. The molecule has 0 heterocycles. The van der Waals surface area contributed by atoms with Crippen LogP contribution in [0.4, 0.5) is 0 Å². The molecule has 0 bridgehead atoms. The van der Waals surface area contributed by atoms with E-state index in [1.54, 1.807) is 0 Å². The molecule has 0 radical (unpaired) electrons. The number of nitrogens with zero attached hydrogens (tertiary/aromatic N) is 1. The van der Waals surface area contributed by atoms with Crippen LogP contribution in [0, 0.1) is 17.2 Å². The fraction of sp³-hybridized carbons (Fsp3) is 0.900. The zero-order chi connectivity index (χ0) is 9.03. The van der Waals surface area contributed by atoms with Crippen molar-refractivity contribution in [1.29, 1.82) is 5.26 Å². The average Bonchev–Trinajstić information content (AvgIpc) is 2.45. The third-order valence-electron chi connectivity index (χ3n) is 2.94. The molecule has 2 atom stereocenters. The normalized spacial score (nSPS) is 34.9. The highest BCUT2D eigenvalue weighted by Crippen LogP contribution is 2.34. The van der Waals surface area contributed by atoms with E-state index in [1.807, 2.05) is 0 Å². The summed E-state index contributed by atoms with van der Waals surface area (Å²) in [5.41, 5.74) is -0.198. The van der Waals surface area contributed by atoms with Crippen molar-refractivity contribution in [2.45, 2.75) is 45.1 Å². The summed E-state index contributed by atoms with van der Waals surface area (Å²) >= 11 is 0. The Morgan fingerprint density at radius 2 is 2.42 bits per heavy atom. The number of nitriles is 1. The van der Waals surface area contributed by atoms with Crippen molar-refractivity contribution in [1.82, 2.24) is 5.32 Å². The predicted molar refractivity (Wildman–Crippen MR) is 49.7 cm³/mol. The van der Waals surface area contributed by atoms with Crippen LogP contribution in [0.15, 0.2) is 0 Å². The molecule has 1 aliphatic carbocycles. The maximum Gasteiger partial charge on any atom is 0.109 e. The predicted octanol–water partition coefficient (Wildman–Crippen LogP) is 2.07. The second-order valence-corrected chi connectivity index (χ2v) is 3.80. The molecule has 1 rings (SSSR count). The summed E-state index contributed by atoms with van der Waals surface area (Å²) in [6.07, 6.45) is 4.54. The highest BCUT2D eigenvalue weighted by molar-refractivity contribution is 5.12. The Bertz CT molecular complexity index is 183. The van der Waals surface area contributed by atoms with Crippen molar-refractivity contribution < 1.29 is 0 Å². The van der Waals surface area contributed by atoms with Crippen LogP contribution in [0.2, 0.25) is 0 Å². The van der Waals surface area contributed by atoms with Gasteiger partial charge < -0.3 is 0 Å². The Kier molecular flexibility index (Phi) is 3.11. The molecule has 0 aromatic carbocycles. The third-order valence-corrected chi connectivity index (χ3v) is 2.94. The van der Waals surface area contributed by atoms with Gasteiger partial charge in [-0.15, -0.1) is 0 Å². The lowest BCUT2D eigenvalue weighted by molar-refractivity contribution is 0.337. The van der Waals surface area contributed by atoms with Gasteiger partial charge in [-0.05, 0) is 31.7 Å². The first kappa shape index (κ1) is 9.54. The van der Waals surface area contributed by atoms with Crippen molar-refractivity contribution in [3.8, 4) is 6.07 Å². The highest BCUT2D eigenvalue weighted by Gasteiger charge is 2.39. The van der Waals surface area contributed by atoms with Crippen molar-refractivity contribution in [2.75, 3.05) is 6.54 Å². The van der Waals surface area contributed by atoms with Crippen LogP contribution in [-0.2, 0) is 0 Å². The second-order valence-electron chi connectivity index (χ2n) is 3.80. The molecule has 0 amide bonds. The van der Waals surface area contributed by atoms with Crippen LogP contribution in [0.1, 0.15) is 39.5 Å². The summed E-state index contributed by atoms with van der Waals surface area (Å²) in [5, 5.41) is 12.5. The lowest BCUT2D eigenvalue weighted by Crippen LogP contribution is -2.46. The van der Waals surface area contributed by atoms with Gasteiger partial charge in [-0.25, -0.2) is 0 Å². The van der Waals surface area contributed by atoms with E-state index in [9.17, 15) is 0 Å². The van der Waals surface area contributed by atoms with Gasteiger partial charge in [0.1, 0.15) is 5.54 Å². The van der Waals surface area contributed by atoms with Crippen LogP contribution in [-0.4, -0.2) is 12.1 Å². The molecule has 68 valence electrons. The number of rotatable bonds is 3. The largest absolute Gasteiger partial charge is 0.299 e. The minimum atomic E-state index is -0.198. The topological polar surface area (TPSA) is 35.8 Å². The lowest BCUT2D eigenvalue weighted by atomic mass is 9.90. The fourth-order valence-electron chi connectivity index (χ4n) is 2.00. The number of hydrogen-bond acceptors (Lipinski definition) is 2. The molecule has 1 saturated carbocycles.